The Balaban J connectivity index is 1.53. The summed E-state index contributed by atoms with van der Waals surface area (Å²) in [5, 5.41) is 35.5. The third-order valence-corrected chi connectivity index (χ3v) is 5.37. The summed E-state index contributed by atoms with van der Waals surface area (Å²) in [7, 11) is -1.34. The number of rotatable bonds is 5. The SMILES string of the molecule is O=C(C[C@H]1Cc2cccc(C(=O)O)c2OB1O)/C(=N\O)c1ccc2c(c1)CNC2. The Hall–Kier alpha value is -3.17. The number of aromatic carboxylic acids is 1. The Labute approximate surface area is 167 Å². The number of carbonyl (C=O) groups is 2. The number of carbonyl (C=O) groups excluding carboxylic acids is 1. The molecule has 4 N–H and O–H groups in total. The highest BCUT2D eigenvalue weighted by Crippen LogP contribution is 2.36. The number of oxime groups is 1. The highest BCUT2D eigenvalue weighted by atomic mass is 16.5. The van der Waals surface area contributed by atoms with Crippen molar-refractivity contribution in [2.24, 2.45) is 5.16 Å². The Morgan fingerprint density at radius 1 is 1.17 bits per heavy atom. The summed E-state index contributed by atoms with van der Waals surface area (Å²) in [6.07, 6.45) is 0.169. The smallest absolute Gasteiger partial charge is 0.526 e. The van der Waals surface area contributed by atoms with E-state index in [1.807, 2.05) is 12.1 Å². The highest BCUT2D eigenvalue weighted by molar-refractivity contribution is 6.51. The normalized spacial score (nSPS) is 18.0. The fourth-order valence-electron chi connectivity index (χ4n) is 3.88. The fraction of sp³-hybridized carbons (Fsp3) is 0.250. The van der Waals surface area contributed by atoms with Crippen LogP contribution in [-0.2, 0) is 24.3 Å². The quantitative estimate of drug-likeness (QED) is 0.263. The minimum Gasteiger partial charge on any atom is -0.535 e. The van der Waals surface area contributed by atoms with E-state index in [-0.39, 0.29) is 29.9 Å². The van der Waals surface area contributed by atoms with Gasteiger partial charge in [-0.05, 0) is 35.2 Å². The first kappa shape index (κ1) is 19.2. The first-order valence-corrected chi connectivity index (χ1v) is 9.26. The number of nitrogens with one attached hydrogen (secondary N) is 1. The molecule has 0 fully saturated rings. The molecule has 0 unspecified atom stereocenters. The molecule has 0 aromatic heterocycles. The van der Waals surface area contributed by atoms with E-state index in [2.05, 4.69) is 10.5 Å². The lowest BCUT2D eigenvalue weighted by atomic mass is 9.64. The number of hydrogen-bond donors (Lipinski definition) is 4. The van der Waals surface area contributed by atoms with E-state index < -0.39 is 24.7 Å². The molecule has 9 heteroatoms. The van der Waals surface area contributed by atoms with Crippen LogP contribution in [0.15, 0.2) is 41.6 Å². The Kier molecular flexibility index (Phi) is 5.08. The maximum absolute atomic E-state index is 12.8. The molecule has 4 rings (SSSR count). The predicted molar refractivity (Wildman–Crippen MR) is 104 cm³/mol. The van der Waals surface area contributed by atoms with Crippen LogP contribution in [0.1, 0.15) is 39.0 Å². The second-order valence-corrected chi connectivity index (χ2v) is 7.23. The fourth-order valence-corrected chi connectivity index (χ4v) is 3.88. The molecule has 1 atom stereocenters. The molecule has 2 aromatic rings. The van der Waals surface area contributed by atoms with Gasteiger partial charge in [0.15, 0.2) is 11.5 Å². The van der Waals surface area contributed by atoms with Gasteiger partial charge in [-0.1, -0.05) is 29.4 Å². The number of nitrogens with zero attached hydrogens (tertiary/aromatic N) is 1. The van der Waals surface area contributed by atoms with Crippen LogP contribution in [0.2, 0.25) is 5.82 Å². The molecule has 29 heavy (non-hydrogen) atoms. The van der Waals surface area contributed by atoms with Gasteiger partial charge >= 0.3 is 13.1 Å². The van der Waals surface area contributed by atoms with E-state index in [0.717, 1.165) is 17.7 Å². The molecule has 2 aliphatic rings. The number of fused-ring (bicyclic) bond motifs is 2. The minimum absolute atomic E-state index is 0.0318. The zero-order valence-electron chi connectivity index (χ0n) is 15.5. The molecule has 0 amide bonds. The summed E-state index contributed by atoms with van der Waals surface area (Å²) in [5.41, 5.74) is 3.21. The van der Waals surface area contributed by atoms with Crippen molar-refractivity contribution in [2.45, 2.75) is 31.7 Å². The van der Waals surface area contributed by atoms with Gasteiger partial charge in [0.1, 0.15) is 5.75 Å². The first-order valence-electron chi connectivity index (χ1n) is 9.26. The molecule has 2 heterocycles. The number of para-hydroxylation sites is 1. The molecule has 0 saturated heterocycles. The Bertz CT molecular complexity index is 1020. The topological polar surface area (TPSA) is 128 Å². The van der Waals surface area contributed by atoms with Crippen molar-refractivity contribution >= 4 is 24.6 Å². The second kappa shape index (κ2) is 7.69. The van der Waals surface area contributed by atoms with Crippen molar-refractivity contribution in [1.82, 2.24) is 5.32 Å². The molecule has 2 aliphatic heterocycles. The number of ketones is 1. The molecular formula is C20H19BN2O6. The van der Waals surface area contributed by atoms with Gasteiger partial charge in [-0.25, -0.2) is 4.79 Å². The van der Waals surface area contributed by atoms with Crippen LogP contribution in [0.3, 0.4) is 0 Å². The number of carboxylic acid groups (broad SMARTS) is 1. The number of benzene rings is 2. The summed E-state index contributed by atoms with van der Waals surface area (Å²) in [4.78, 5) is 24.1. The van der Waals surface area contributed by atoms with Gasteiger partial charge in [-0.15, -0.1) is 0 Å². The molecule has 0 radical (unpaired) electrons. The summed E-state index contributed by atoms with van der Waals surface area (Å²) in [5.74, 6) is -2.04. The third kappa shape index (κ3) is 3.62. The van der Waals surface area contributed by atoms with Crippen LogP contribution in [0.25, 0.3) is 0 Å². The van der Waals surface area contributed by atoms with Crippen LogP contribution in [0, 0.1) is 0 Å². The van der Waals surface area contributed by atoms with E-state index in [0.29, 0.717) is 17.7 Å². The minimum atomic E-state index is -1.34. The van der Waals surface area contributed by atoms with Gasteiger partial charge in [-0.2, -0.15) is 0 Å². The predicted octanol–water partition coefficient (Wildman–Crippen LogP) is 1.61. The average Bonchev–Trinajstić information content (AvgIpc) is 3.16. The number of Topliss-reactive ketones (excluding diaryl/α,β-unsaturated/α-hetero) is 1. The molecular weight excluding hydrogens is 375 g/mol. The Morgan fingerprint density at radius 2 is 1.97 bits per heavy atom. The highest BCUT2D eigenvalue weighted by Gasteiger charge is 2.38. The molecule has 0 aliphatic carbocycles. The van der Waals surface area contributed by atoms with Gasteiger partial charge in [0.25, 0.3) is 0 Å². The average molecular weight is 394 g/mol. The van der Waals surface area contributed by atoms with Gasteiger partial charge in [0.2, 0.25) is 0 Å². The lowest BCUT2D eigenvalue weighted by Crippen LogP contribution is -2.36. The summed E-state index contributed by atoms with van der Waals surface area (Å²) < 4.78 is 5.43. The molecule has 0 bridgehead atoms. The van der Waals surface area contributed by atoms with Gasteiger partial charge < -0.3 is 25.3 Å². The van der Waals surface area contributed by atoms with E-state index in [1.54, 1.807) is 18.2 Å². The summed E-state index contributed by atoms with van der Waals surface area (Å²) in [6.45, 7) is 1.45. The van der Waals surface area contributed by atoms with Crippen molar-refractivity contribution in [3.63, 3.8) is 0 Å². The number of hydrogen-bond acceptors (Lipinski definition) is 7. The van der Waals surface area contributed by atoms with Crippen LogP contribution < -0.4 is 9.97 Å². The van der Waals surface area contributed by atoms with Crippen molar-refractivity contribution in [3.8, 4) is 5.75 Å². The molecule has 0 spiro atoms. The molecule has 8 nitrogen and oxygen atoms in total. The lowest BCUT2D eigenvalue weighted by molar-refractivity contribution is -0.113. The molecule has 148 valence electrons. The maximum Gasteiger partial charge on any atom is 0.526 e. The summed E-state index contributed by atoms with van der Waals surface area (Å²) in [6, 6.07) is 10.2. The van der Waals surface area contributed by atoms with Gasteiger partial charge in [0, 0.05) is 30.9 Å². The molecule has 0 saturated carbocycles. The van der Waals surface area contributed by atoms with Gasteiger partial charge in [0.05, 0.1) is 5.56 Å². The first-order chi connectivity index (χ1) is 14.0. The van der Waals surface area contributed by atoms with Crippen LogP contribution in [0.4, 0.5) is 0 Å². The van der Waals surface area contributed by atoms with Crippen molar-refractivity contribution < 1.29 is 29.6 Å². The van der Waals surface area contributed by atoms with Crippen LogP contribution in [-0.4, -0.2) is 39.9 Å². The number of carboxylic acids is 1. The van der Waals surface area contributed by atoms with E-state index in [4.69, 9.17) is 4.65 Å². The third-order valence-electron chi connectivity index (χ3n) is 5.37. The monoisotopic (exact) mass is 394 g/mol. The second-order valence-electron chi connectivity index (χ2n) is 7.23. The van der Waals surface area contributed by atoms with E-state index in [1.165, 1.54) is 6.07 Å². The molecule has 2 aromatic carbocycles. The summed E-state index contributed by atoms with van der Waals surface area (Å²) >= 11 is 0. The zero-order valence-corrected chi connectivity index (χ0v) is 15.5. The van der Waals surface area contributed by atoms with Crippen LogP contribution >= 0.6 is 0 Å². The van der Waals surface area contributed by atoms with E-state index in [9.17, 15) is 24.9 Å². The van der Waals surface area contributed by atoms with Crippen molar-refractivity contribution in [2.75, 3.05) is 0 Å². The standard InChI is InChI=1S/C20H19BN2O6/c24-17(18(23-28)11-4-5-13-9-22-10-14(13)6-11)8-15-7-12-2-1-3-16(20(25)26)19(12)29-21(15)27/h1-6,15,22,27-28H,7-10H2,(H,25,26)/b23-18-/t15-/m1/s1. The Morgan fingerprint density at radius 3 is 2.72 bits per heavy atom. The van der Waals surface area contributed by atoms with Crippen LogP contribution in [0.5, 0.6) is 5.75 Å². The van der Waals surface area contributed by atoms with Gasteiger partial charge in [-0.3, -0.25) is 4.79 Å². The lowest BCUT2D eigenvalue weighted by Gasteiger charge is -2.28. The zero-order chi connectivity index (χ0) is 20.5. The van der Waals surface area contributed by atoms with Crippen molar-refractivity contribution in [3.05, 3.63) is 64.2 Å². The van der Waals surface area contributed by atoms with Crippen molar-refractivity contribution in [1.29, 1.82) is 0 Å². The largest absolute Gasteiger partial charge is 0.535 e. The maximum atomic E-state index is 12.8. The van der Waals surface area contributed by atoms with E-state index >= 15 is 0 Å².